The number of carbonyl (C=O) groups excluding carboxylic acids is 2. The van der Waals surface area contributed by atoms with E-state index in [2.05, 4.69) is 5.32 Å². The highest BCUT2D eigenvalue weighted by Crippen LogP contribution is 2.03. The van der Waals surface area contributed by atoms with E-state index in [1.165, 1.54) is 6.92 Å². The maximum absolute atomic E-state index is 11.4. The SMILES string of the molecule is CC(=O)N[C@@H](Cc1ccccc1)C(=O)NN. The summed E-state index contributed by atoms with van der Waals surface area (Å²) < 4.78 is 0. The summed E-state index contributed by atoms with van der Waals surface area (Å²) in [5.74, 6) is 4.39. The average molecular weight is 221 g/mol. The Morgan fingerprint density at radius 2 is 1.94 bits per heavy atom. The van der Waals surface area contributed by atoms with Gasteiger partial charge in [-0.3, -0.25) is 15.0 Å². The van der Waals surface area contributed by atoms with Gasteiger partial charge in [-0.05, 0) is 5.56 Å². The molecular weight excluding hydrogens is 206 g/mol. The van der Waals surface area contributed by atoms with E-state index < -0.39 is 11.9 Å². The number of amides is 2. The Morgan fingerprint density at radius 3 is 2.44 bits per heavy atom. The smallest absolute Gasteiger partial charge is 0.256 e. The van der Waals surface area contributed by atoms with Gasteiger partial charge in [0, 0.05) is 13.3 Å². The normalized spacial score (nSPS) is 11.6. The van der Waals surface area contributed by atoms with Crippen LogP contribution in [0.15, 0.2) is 30.3 Å². The van der Waals surface area contributed by atoms with E-state index in [9.17, 15) is 9.59 Å². The molecule has 5 heteroatoms. The van der Waals surface area contributed by atoms with Gasteiger partial charge >= 0.3 is 0 Å². The van der Waals surface area contributed by atoms with Crippen LogP contribution >= 0.6 is 0 Å². The van der Waals surface area contributed by atoms with E-state index in [1.54, 1.807) is 0 Å². The fourth-order valence-electron chi connectivity index (χ4n) is 1.41. The third kappa shape index (κ3) is 3.70. The maximum atomic E-state index is 11.4. The largest absolute Gasteiger partial charge is 0.344 e. The van der Waals surface area contributed by atoms with E-state index in [4.69, 9.17) is 5.84 Å². The lowest BCUT2D eigenvalue weighted by Crippen LogP contribution is -2.49. The highest BCUT2D eigenvalue weighted by Gasteiger charge is 2.18. The molecule has 86 valence electrons. The van der Waals surface area contributed by atoms with Crippen LogP contribution < -0.4 is 16.6 Å². The fourth-order valence-corrected chi connectivity index (χ4v) is 1.41. The summed E-state index contributed by atoms with van der Waals surface area (Å²) >= 11 is 0. The van der Waals surface area contributed by atoms with Gasteiger partial charge in [-0.25, -0.2) is 5.84 Å². The Labute approximate surface area is 94.0 Å². The van der Waals surface area contributed by atoms with Crippen LogP contribution in [0, 0.1) is 0 Å². The van der Waals surface area contributed by atoms with E-state index in [0.717, 1.165) is 5.56 Å². The van der Waals surface area contributed by atoms with Crippen molar-refractivity contribution in [3.8, 4) is 0 Å². The Kier molecular flexibility index (Phi) is 4.47. The van der Waals surface area contributed by atoms with Crippen molar-refractivity contribution in [3.63, 3.8) is 0 Å². The third-order valence-corrected chi connectivity index (χ3v) is 2.12. The summed E-state index contributed by atoms with van der Waals surface area (Å²) in [6.45, 7) is 1.36. The molecule has 0 aliphatic heterocycles. The Morgan fingerprint density at radius 1 is 1.31 bits per heavy atom. The van der Waals surface area contributed by atoms with Gasteiger partial charge in [0.05, 0.1) is 0 Å². The first-order valence-corrected chi connectivity index (χ1v) is 4.95. The van der Waals surface area contributed by atoms with Crippen LogP contribution in [0.25, 0.3) is 0 Å². The van der Waals surface area contributed by atoms with Crippen molar-refractivity contribution >= 4 is 11.8 Å². The first kappa shape index (κ1) is 12.2. The van der Waals surface area contributed by atoms with Crippen molar-refractivity contribution < 1.29 is 9.59 Å². The molecule has 0 aromatic heterocycles. The zero-order valence-electron chi connectivity index (χ0n) is 9.07. The monoisotopic (exact) mass is 221 g/mol. The Bertz CT molecular complexity index is 365. The predicted molar refractivity (Wildman–Crippen MR) is 60.1 cm³/mol. The van der Waals surface area contributed by atoms with Crippen LogP contribution in [0.5, 0.6) is 0 Å². The molecule has 5 nitrogen and oxygen atoms in total. The van der Waals surface area contributed by atoms with Crippen molar-refractivity contribution in [3.05, 3.63) is 35.9 Å². The van der Waals surface area contributed by atoms with Crippen LogP contribution in [-0.2, 0) is 16.0 Å². The third-order valence-electron chi connectivity index (χ3n) is 2.12. The lowest BCUT2D eigenvalue weighted by atomic mass is 10.1. The minimum absolute atomic E-state index is 0.260. The van der Waals surface area contributed by atoms with Gasteiger partial charge in [0.25, 0.3) is 5.91 Å². The summed E-state index contributed by atoms with van der Waals surface area (Å²) in [4.78, 5) is 22.3. The number of hydrogen-bond acceptors (Lipinski definition) is 3. The summed E-state index contributed by atoms with van der Waals surface area (Å²) in [5.41, 5.74) is 3.00. The molecule has 1 aromatic carbocycles. The maximum Gasteiger partial charge on any atom is 0.256 e. The molecule has 0 heterocycles. The van der Waals surface area contributed by atoms with Gasteiger partial charge in [0.2, 0.25) is 5.91 Å². The van der Waals surface area contributed by atoms with Crippen LogP contribution in [0.3, 0.4) is 0 Å². The van der Waals surface area contributed by atoms with E-state index >= 15 is 0 Å². The first-order valence-electron chi connectivity index (χ1n) is 4.95. The molecule has 0 saturated carbocycles. The van der Waals surface area contributed by atoms with Gasteiger partial charge in [0.1, 0.15) is 6.04 Å². The zero-order valence-corrected chi connectivity index (χ0v) is 9.07. The number of hydrazine groups is 1. The van der Waals surface area contributed by atoms with Crippen LogP contribution in [0.2, 0.25) is 0 Å². The molecule has 0 radical (unpaired) electrons. The molecule has 0 aliphatic carbocycles. The van der Waals surface area contributed by atoms with Crippen molar-refractivity contribution in [2.75, 3.05) is 0 Å². The van der Waals surface area contributed by atoms with Gasteiger partial charge in [-0.2, -0.15) is 0 Å². The second-order valence-electron chi connectivity index (χ2n) is 3.45. The number of benzene rings is 1. The van der Waals surface area contributed by atoms with Crippen molar-refractivity contribution in [1.82, 2.24) is 10.7 Å². The Balaban J connectivity index is 2.70. The average Bonchev–Trinajstić information content (AvgIpc) is 2.28. The van der Waals surface area contributed by atoms with E-state index in [0.29, 0.717) is 6.42 Å². The van der Waals surface area contributed by atoms with Gasteiger partial charge < -0.3 is 5.32 Å². The lowest BCUT2D eigenvalue weighted by Gasteiger charge is -2.15. The lowest BCUT2D eigenvalue weighted by molar-refractivity contribution is -0.128. The second kappa shape index (κ2) is 5.87. The molecule has 0 unspecified atom stereocenters. The minimum Gasteiger partial charge on any atom is -0.344 e. The standard InChI is InChI=1S/C11H15N3O2/c1-8(15)13-10(11(16)14-12)7-9-5-3-2-4-6-9/h2-6,10H,7,12H2,1H3,(H,13,15)(H,14,16)/t10-/m0/s1. The topological polar surface area (TPSA) is 84.2 Å². The number of hydrogen-bond donors (Lipinski definition) is 3. The molecule has 0 saturated heterocycles. The number of rotatable bonds is 4. The van der Waals surface area contributed by atoms with Gasteiger partial charge in [-0.1, -0.05) is 30.3 Å². The van der Waals surface area contributed by atoms with Crippen LogP contribution in [0.1, 0.15) is 12.5 Å². The predicted octanol–water partition coefficient (Wildman–Crippen LogP) is -0.276. The summed E-state index contributed by atoms with van der Waals surface area (Å²) in [7, 11) is 0. The molecule has 2 amide bonds. The molecule has 1 rings (SSSR count). The van der Waals surface area contributed by atoms with Crippen molar-refractivity contribution in [1.29, 1.82) is 0 Å². The van der Waals surface area contributed by atoms with E-state index in [-0.39, 0.29) is 5.91 Å². The van der Waals surface area contributed by atoms with Crippen LogP contribution in [0.4, 0.5) is 0 Å². The summed E-state index contributed by atoms with van der Waals surface area (Å²) in [6, 6.07) is 8.78. The number of nitrogens with one attached hydrogen (secondary N) is 2. The molecule has 1 atom stereocenters. The molecule has 0 fully saturated rings. The van der Waals surface area contributed by atoms with E-state index in [1.807, 2.05) is 35.8 Å². The van der Waals surface area contributed by atoms with Gasteiger partial charge in [0.15, 0.2) is 0 Å². The van der Waals surface area contributed by atoms with Crippen molar-refractivity contribution in [2.45, 2.75) is 19.4 Å². The number of nitrogens with two attached hydrogens (primary N) is 1. The minimum atomic E-state index is -0.634. The number of carbonyl (C=O) groups is 2. The highest BCUT2D eigenvalue weighted by atomic mass is 16.2. The quantitative estimate of drug-likeness (QED) is 0.371. The summed E-state index contributed by atoms with van der Waals surface area (Å²) in [6.07, 6.45) is 0.420. The molecule has 16 heavy (non-hydrogen) atoms. The van der Waals surface area contributed by atoms with Crippen LogP contribution in [-0.4, -0.2) is 17.9 Å². The summed E-state index contributed by atoms with van der Waals surface area (Å²) in [5, 5.41) is 2.55. The molecule has 0 spiro atoms. The second-order valence-corrected chi connectivity index (χ2v) is 3.45. The van der Waals surface area contributed by atoms with Crippen molar-refractivity contribution in [2.24, 2.45) is 5.84 Å². The Hall–Kier alpha value is -1.88. The highest BCUT2D eigenvalue weighted by molar-refractivity contribution is 5.86. The molecule has 1 aromatic rings. The van der Waals surface area contributed by atoms with Gasteiger partial charge in [-0.15, -0.1) is 0 Å². The molecule has 0 bridgehead atoms. The fraction of sp³-hybridized carbons (Fsp3) is 0.273. The first-order chi connectivity index (χ1) is 7.63. The molecule has 0 aliphatic rings. The molecular formula is C11H15N3O2. The zero-order chi connectivity index (χ0) is 12.0. The molecule has 4 N–H and O–H groups in total.